The first-order chi connectivity index (χ1) is 3.77. The summed E-state index contributed by atoms with van der Waals surface area (Å²) >= 11 is 6.61. The zero-order valence-corrected chi connectivity index (χ0v) is 7.91. The SMILES string of the molecule is [B]C(Br)CCCCBr. The van der Waals surface area contributed by atoms with Gasteiger partial charge in [-0.15, -0.1) is 0 Å². The van der Waals surface area contributed by atoms with Crippen LogP contribution in [-0.4, -0.2) is 17.9 Å². The van der Waals surface area contributed by atoms with Gasteiger partial charge in [0.1, 0.15) is 0 Å². The lowest BCUT2D eigenvalue weighted by molar-refractivity contribution is 0.773. The molecule has 0 aliphatic heterocycles. The third-order valence-corrected chi connectivity index (χ3v) is 1.88. The molecule has 2 radical (unpaired) electrons. The van der Waals surface area contributed by atoms with E-state index in [1.165, 1.54) is 12.8 Å². The van der Waals surface area contributed by atoms with Crippen molar-refractivity contribution in [2.24, 2.45) is 0 Å². The highest BCUT2D eigenvalue weighted by Crippen LogP contribution is 2.06. The number of hydrogen-bond acceptors (Lipinski definition) is 0. The number of alkyl halides is 2. The van der Waals surface area contributed by atoms with Crippen molar-refractivity contribution in [1.82, 2.24) is 0 Å². The maximum absolute atomic E-state index is 5.43. The molecule has 0 aliphatic rings. The van der Waals surface area contributed by atoms with E-state index in [4.69, 9.17) is 7.85 Å². The largest absolute Gasteiger partial charge is 0.0996 e. The van der Waals surface area contributed by atoms with E-state index in [0.717, 1.165) is 11.8 Å². The van der Waals surface area contributed by atoms with Crippen LogP contribution in [0.15, 0.2) is 0 Å². The highest BCUT2D eigenvalue weighted by atomic mass is 79.9. The molecule has 0 saturated carbocycles. The van der Waals surface area contributed by atoms with Crippen molar-refractivity contribution < 1.29 is 0 Å². The summed E-state index contributed by atoms with van der Waals surface area (Å²) in [7, 11) is 5.43. The minimum absolute atomic E-state index is 0.196. The summed E-state index contributed by atoms with van der Waals surface area (Å²) in [5.74, 6) is 0. The van der Waals surface area contributed by atoms with Gasteiger partial charge in [-0.25, -0.2) is 0 Å². The average molecular weight is 240 g/mol. The number of hydrogen-bond donors (Lipinski definition) is 0. The Hall–Kier alpha value is 1.02. The quantitative estimate of drug-likeness (QED) is 0.402. The van der Waals surface area contributed by atoms with Crippen LogP contribution in [0.2, 0.25) is 0 Å². The van der Waals surface area contributed by atoms with E-state index in [9.17, 15) is 0 Å². The zero-order valence-electron chi connectivity index (χ0n) is 4.74. The monoisotopic (exact) mass is 238 g/mol. The molecule has 0 fully saturated rings. The first-order valence-corrected chi connectivity index (χ1v) is 4.76. The Morgan fingerprint density at radius 2 is 2.00 bits per heavy atom. The lowest BCUT2D eigenvalue weighted by atomic mass is 9.99. The highest BCUT2D eigenvalue weighted by molar-refractivity contribution is 9.10. The molecule has 3 heteroatoms. The van der Waals surface area contributed by atoms with Crippen molar-refractivity contribution in [2.75, 3.05) is 5.33 Å². The molecule has 0 nitrogen and oxygen atoms in total. The van der Waals surface area contributed by atoms with Crippen LogP contribution in [-0.2, 0) is 0 Å². The van der Waals surface area contributed by atoms with Crippen LogP contribution in [0.5, 0.6) is 0 Å². The smallest absolute Gasteiger partial charge is 0.0854 e. The lowest BCUT2D eigenvalue weighted by Gasteiger charge is -1.98. The van der Waals surface area contributed by atoms with E-state index in [1.54, 1.807) is 0 Å². The van der Waals surface area contributed by atoms with Gasteiger partial charge in [0.25, 0.3) is 0 Å². The number of halogens is 2. The minimum atomic E-state index is 0.196. The fourth-order valence-corrected chi connectivity index (χ4v) is 1.15. The van der Waals surface area contributed by atoms with E-state index in [1.807, 2.05) is 0 Å². The summed E-state index contributed by atoms with van der Waals surface area (Å²) in [5, 5.41) is 1.09. The van der Waals surface area contributed by atoms with Crippen LogP contribution >= 0.6 is 31.9 Å². The van der Waals surface area contributed by atoms with Crippen molar-refractivity contribution in [3.8, 4) is 0 Å². The molecule has 0 saturated heterocycles. The van der Waals surface area contributed by atoms with Gasteiger partial charge in [0.05, 0.1) is 7.85 Å². The Labute approximate surface area is 69.1 Å². The Balaban J connectivity index is 2.72. The van der Waals surface area contributed by atoms with Gasteiger partial charge < -0.3 is 0 Å². The molecule has 0 amide bonds. The molecule has 0 aromatic rings. The molecule has 0 rings (SSSR count). The zero-order chi connectivity index (χ0) is 6.41. The first-order valence-electron chi connectivity index (χ1n) is 2.73. The van der Waals surface area contributed by atoms with Crippen LogP contribution in [0.3, 0.4) is 0 Å². The van der Waals surface area contributed by atoms with Gasteiger partial charge in [0.2, 0.25) is 0 Å². The molecular formula is C5H9BBr2. The van der Waals surface area contributed by atoms with Crippen molar-refractivity contribution in [3.05, 3.63) is 0 Å². The van der Waals surface area contributed by atoms with E-state index in [2.05, 4.69) is 31.9 Å². The molecule has 0 spiro atoms. The second-order valence-corrected chi connectivity index (χ2v) is 3.67. The van der Waals surface area contributed by atoms with Gasteiger partial charge in [-0.2, -0.15) is 0 Å². The van der Waals surface area contributed by atoms with Gasteiger partial charge in [-0.05, 0) is 17.6 Å². The molecule has 0 aromatic carbocycles. The Morgan fingerprint density at radius 1 is 1.38 bits per heavy atom. The Morgan fingerprint density at radius 3 is 2.38 bits per heavy atom. The van der Waals surface area contributed by atoms with Gasteiger partial charge in [0, 0.05) is 5.33 Å². The van der Waals surface area contributed by atoms with E-state index < -0.39 is 0 Å². The fourth-order valence-electron chi connectivity index (χ4n) is 0.434. The van der Waals surface area contributed by atoms with Crippen LogP contribution < -0.4 is 0 Å². The minimum Gasteiger partial charge on any atom is -0.0996 e. The van der Waals surface area contributed by atoms with Crippen molar-refractivity contribution in [3.63, 3.8) is 0 Å². The standard InChI is InChI=1S/C5H9BBr2/c6-5(8)3-1-2-4-7/h5H,1-4H2. The first kappa shape index (κ1) is 9.02. The molecule has 1 atom stereocenters. The summed E-state index contributed by atoms with van der Waals surface area (Å²) in [5.41, 5.74) is 0. The van der Waals surface area contributed by atoms with Gasteiger partial charge in [-0.1, -0.05) is 38.3 Å². The molecule has 1 unspecified atom stereocenters. The third kappa shape index (κ3) is 7.02. The molecule has 46 valence electrons. The molecule has 0 N–H and O–H groups in total. The van der Waals surface area contributed by atoms with Crippen LogP contribution in [0.1, 0.15) is 19.3 Å². The lowest BCUT2D eigenvalue weighted by Crippen LogP contribution is -1.94. The average Bonchev–Trinajstić information content (AvgIpc) is 1.66. The van der Waals surface area contributed by atoms with Crippen LogP contribution in [0.25, 0.3) is 0 Å². The summed E-state index contributed by atoms with van der Waals surface area (Å²) < 4.78 is 0.196. The van der Waals surface area contributed by atoms with Crippen molar-refractivity contribution in [1.29, 1.82) is 0 Å². The summed E-state index contributed by atoms with van der Waals surface area (Å²) in [4.78, 5) is 0. The Bertz CT molecular complexity index is 47.7. The highest BCUT2D eigenvalue weighted by Gasteiger charge is 1.92. The fraction of sp³-hybridized carbons (Fsp3) is 1.00. The van der Waals surface area contributed by atoms with E-state index in [0.29, 0.717) is 0 Å². The molecular weight excluding hydrogens is 231 g/mol. The van der Waals surface area contributed by atoms with E-state index in [-0.39, 0.29) is 4.73 Å². The normalized spacial score (nSPS) is 13.8. The second-order valence-electron chi connectivity index (χ2n) is 1.70. The van der Waals surface area contributed by atoms with Gasteiger partial charge >= 0.3 is 0 Å². The summed E-state index contributed by atoms with van der Waals surface area (Å²) in [6, 6.07) is 0. The van der Waals surface area contributed by atoms with Gasteiger partial charge in [0.15, 0.2) is 0 Å². The summed E-state index contributed by atoms with van der Waals surface area (Å²) in [6.07, 6.45) is 3.50. The van der Waals surface area contributed by atoms with Gasteiger partial charge in [-0.3, -0.25) is 0 Å². The molecule has 0 aliphatic carbocycles. The molecule has 0 aromatic heterocycles. The Kier molecular flexibility index (Phi) is 6.94. The molecule has 0 bridgehead atoms. The van der Waals surface area contributed by atoms with Crippen molar-refractivity contribution >= 4 is 39.7 Å². The van der Waals surface area contributed by atoms with Crippen LogP contribution in [0, 0.1) is 0 Å². The predicted octanol–water partition coefficient (Wildman–Crippen LogP) is 2.44. The topological polar surface area (TPSA) is 0 Å². The van der Waals surface area contributed by atoms with Crippen LogP contribution in [0.4, 0.5) is 0 Å². The summed E-state index contributed by atoms with van der Waals surface area (Å²) in [6.45, 7) is 0. The number of rotatable bonds is 4. The molecule has 0 heterocycles. The second kappa shape index (κ2) is 6.15. The predicted molar refractivity (Wildman–Crippen MR) is 46.1 cm³/mol. The maximum Gasteiger partial charge on any atom is 0.0854 e. The maximum atomic E-state index is 5.43. The third-order valence-electron chi connectivity index (χ3n) is 0.864. The number of unbranched alkanes of at least 4 members (excludes halogenated alkanes) is 1. The molecule has 8 heavy (non-hydrogen) atoms. The van der Waals surface area contributed by atoms with E-state index >= 15 is 0 Å². The van der Waals surface area contributed by atoms with Crippen molar-refractivity contribution in [2.45, 2.75) is 24.0 Å².